The summed E-state index contributed by atoms with van der Waals surface area (Å²) in [5, 5.41) is 9.27. The highest BCUT2D eigenvalue weighted by molar-refractivity contribution is 6.00. The summed E-state index contributed by atoms with van der Waals surface area (Å²) in [6, 6.07) is 8.30. The second-order valence-electron chi connectivity index (χ2n) is 7.26. The Labute approximate surface area is 157 Å². The van der Waals surface area contributed by atoms with E-state index in [-0.39, 0.29) is 0 Å². The van der Waals surface area contributed by atoms with E-state index in [1.54, 1.807) is 0 Å². The van der Waals surface area contributed by atoms with E-state index in [0.717, 1.165) is 38.6 Å². The molecule has 1 aliphatic carbocycles. The van der Waals surface area contributed by atoms with Crippen LogP contribution in [-0.4, -0.2) is 20.2 Å². The number of nitrogens with one attached hydrogen (secondary N) is 2. The molecule has 1 saturated carbocycles. The number of rotatable bonds is 1. The minimum atomic E-state index is 0.495. The van der Waals surface area contributed by atoms with Gasteiger partial charge in [-0.05, 0) is 48.2 Å². The molecule has 0 atom stereocenters. The number of benzene rings is 1. The highest BCUT2D eigenvalue weighted by atomic mass is 15.1. The average molecular weight is 355 g/mol. The van der Waals surface area contributed by atoms with Gasteiger partial charge in [0.15, 0.2) is 5.82 Å². The lowest BCUT2D eigenvalue weighted by molar-refractivity contribution is 0.430. The number of pyridine rings is 1. The van der Waals surface area contributed by atoms with Crippen LogP contribution in [-0.2, 0) is 0 Å². The summed E-state index contributed by atoms with van der Waals surface area (Å²) in [6.45, 7) is 0. The maximum atomic E-state index is 6.11. The Morgan fingerprint density at radius 1 is 1.07 bits per heavy atom. The molecule has 4 N–H and O–H groups in total. The van der Waals surface area contributed by atoms with Crippen molar-refractivity contribution >= 4 is 27.8 Å². The minimum absolute atomic E-state index is 0.495. The number of H-pyrrole nitrogens is 2. The van der Waals surface area contributed by atoms with E-state index >= 15 is 0 Å². The maximum Gasteiger partial charge on any atom is 0.153 e. The summed E-state index contributed by atoms with van der Waals surface area (Å²) >= 11 is 0. The Balaban J connectivity index is 1.67. The van der Waals surface area contributed by atoms with Gasteiger partial charge < -0.3 is 10.7 Å². The van der Waals surface area contributed by atoms with Crippen LogP contribution in [0.3, 0.4) is 0 Å². The molecule has 5 nitrogen and oxygen atoms in total. The fourth-order valence-electron chi connectivity index (χ4n) is 4.03. The predicted molar refractivity (Wildman–Crippen MR) is 109 cm³/mol. The van der Waals surface area contributed by atoms with E-state index < -0.39 is 0 Å². The summed E-state index contributed by atoms with van der Waals surface area (Å²) < 4.78 is 0. The van der Waals surface area contributed by atoms with E-state index in [9.17, 15) is 0 Å². The summed E-state index contributed by atoms with van der Waals surface area (Å²) in [6.07, 6.45) is 10.1. The van der Waals surface area contributed by atoms with Crippen LogP contribution >= 0.6 is 0 Å². The number of aromatic amines is 2. The molecule has 0 unspecified atom stereocenters. The van der Waals surface area contributed by atoms with Crippen molar-refractivity contribution in [3.8, 4) is 23.0 Å². The van der Waals surface area contributed by atoms with Crippen molar-refractivity contribution in [2.24, 2.45) is 5.92 Å². The molecule has 5 heteroatoms. The number of nitrogens with two attached hydrogens (primary N) is 1. The van der Waals surface area contributed by atoms with Gasteiger partial charge in [-0.3, -0.25) is 5.10 Å². The van der Waals surface area contributed by atoms with Crippen molar-refractivity contribution in [3.63, 3.8) is 0 Å². The van der Waals surface area contributed by atoms with Gasteiger partial charge >= 0.3 is 0 Å². The minimum Gasteiger partial charge on any atom is -0.382 e. The van der Waals surface area contributed by atoms with Gasteiger partial charge in [0.05, 0.1) is 11.1 Å². The Kier molecular flexibility index (Phi) is 3.83. The molecule has 5 rings (SSSR count). The highest BCUT2D eigenvalue weighted by Gasteiger charge is 2.14. The molecule has 1 aromatic carbocycles. The van der Waals surface area contributed by atoms with Crippen LogP contribution in [0, 0.1) is 17.8 Å². The maximum absolute atomic E-state index is 6.11. The van der Waals surface area contributed by atoms with Crippen LogP contribution in [0.5, 0.6) is 0 Å². The van der Waals surface area contributed by atoms with Gasteiger partial charge in [-0.2, -0.15) is 5.10 Å². The Hall–Kier alpha value is -3.26. The van der Waals surface area contributed by atoms with E-state index in [4.69, 9.17) is 5.73 Å². The molecule has 4 aromatic rings. The number of nitrogens with zero attached hydrogens (tertiary/aromatic N) is 2. The lowest BCUT2D eigenvalue weighted by Crippen LogP contribution is -2.03. The lowest BCUT2D eigenvalue weighted by atomic mass is 9.89. The van der Waals surface area contributed by atoms with Crippen molar-refractivity contribution in [1.82, 2.24) is 20.2 Å². The first kappa shape index (κ1) is 16.0. The zero-order chi connectivity index (χ0) is 18.2. The summed E-state index contributed by atoms with van der Waals surface area (Å²) in [4.78, 5) is 7.56. The van der Waals surface area contributed by atoms with Crippen molar-refractivity contribution in [1.29, 1.82) is 0 Å². The topological polar surface area (TPSA) is 83.4 Å². The third-order valence-electron chi connectivity index (χ3n) is 5.49. The Morgan fingerprint density at radius 2 is 1.96 bits per heavy atom. The molecule has 3 heterocycles. The van der Waals surface area contributed by atoms with E-state index in [1.807, 2.05) is 24.5 Å². The molecular weight excluding hydrogens is 334 g/mol. The molecule has 0 radical (unpaired) electrons. The Morgan fingerprint density at radius 3 is 2.85 bits per heavy atom. The molecule has 0 aliphatic heterocycles. The summed E-state index contributed by atoms with van der Waals surface area (Å²) in [7, 11) is 0. The molecule has 3 aromatic heterocycles. The highest BCUT2D eigenvalue weighted by Crippen LogP contribution is 2.33. The quantitative estimate of drug-likeness (QED) is 0.436. The second-order valence-corrected chi connectivity index (χ2v) is 7.26. The van der Waals surface area contributed by atoms with E-state index in [0.29, 0.717) is 11.7 Å². The van der Waals surface area contributed by atoms with Crippen molar-refractivity contribution in [3.05, 3.63) is 42.2 Å². The molecule has 1 aliphatic rings. The molecule has 0 saturated heterocycles. The van der Waals surface area contributed by atoms with Gasteiger partial charge in [0.25, 0.3) is 0 Å². The summed E-state index contributed by atoms with van der Waals surface area (Å²) in [5.41, 5.74) is 11.1. The van der Waals surface area contributed by atoms with Crippen LogP contribution < -0.4 is 5.73 Å². The molecule has 1 fully saturated rings. The smallest absolute Gasteiger partial charge is 0.153 e. The van der Waals surface area contributed by atoms with Crippen molar-refractivity contribution < 1.29 is 0 Å². The van der Waals surface area contributed by atoms with Crippen molar-refractivity contribution in [2.75, 3.05) is 5.73 Å². The van der Waals surface area contributed by atoms with Crippen LogP contribution in [0.4, 0.5) is 5.82 Å². The van der Waals surface area contributed by atoms with E-state index in [2.05, 4.69) is 44.1 Å². The number of hydrogen-bond acceptors (Lipinski definition) is 3. The third-order valence-corrected chi connectivity index (χ3v) is 5.49. The molecule has 0 amide bonds. The number of hydrogen-bond donors (Lipinski definition) is 3. The molecule has 27 heavy (non-hydrogen) atoms. The summed E-state index contributed by atoms with van der Waals surface area (Å²) in [5.74, 6) is 7.92. The van der Waals surface area contributed by atoms with Gasteiger partial charge in [-0.1, -0.05) is 31.1 Å². The number of aromatic nitrogens is 4. The molecular formula is C22H21N5. The largest absolute Gasteiger partial charge is 0.382 e. The number of anilines is 1. The van der Waals surface area contributed by atoms with E-state index in [1.165, 1.54) is 32.1 Å². The normalized spacial score (nSPS) is 15.1. The average Bonchev–Trinajstić information content (AvgIpc) is 3.34. The zero-order valence-corrected chi connectivity index (χ0v) is 15.0. The van der Waals surface area contributed by atoms with Crippen LogP contribution in [0.25, 0.3) is 33.1 Å². The Bertz CT molecular complexity index is 1180. The van der Waals surface area contributed by atoms with Gasteiger partial charge in [0, 0.05) is 29.1 Å². The van der Waals surface area contributed by atoms with Crippen LogP contribution in [0.2, 0.25) is 0 Å². The molecule has 0 spiro atoms. The van der Waals surface area contributed by atoms with Gasteiger partial charge in [0.2, 0.25) is 0 Å². The lowest BCUT2D eigenvalue weighted by Gasteiger charge is -2.15. The first-order valence-electron chi connectivity index (χ1n) is 9.51. The number of fused-ring (bicyclic) bond motifs is 2. The zero-order valence-electron chi connectivity index (χ0n) is 15.0. The predicted octanol–water partition coefficient (Wildman–Crippen LogP) is 4.62. The molecule has 134 valence electrons. The van der Waals surface area contributed by atoms with Gasteiger partial charge in [-0.25, -0.2) is 4.98 Å². The van der Waals surface area contributed by atoms with Gasteiger partial charge in [0.1, 0.15) is 5.65 Å². The van der Waals surface area contributed by atoms with Crippen LogP contribution in [0.1, 0.15) is 37.7 Å². The first-order valence-corrected chi connectivity index (χ1v) is 9.51. The monoisotopic (exact) mass is 355 g/mol. The second kappa shape index (κ2) is 6.48. The van der Waals surface area contributed by atoms with Crippen molar-refractivity contribution in [2.45, 2.75) is 32.1 Å². The standard InChI is InChI=1S/C22H21N5/c23-21-19-13-16(17-8-10-24-22-18(17)9-11-25-22)12-15(20(19)26-27-21)7-6-14-4-2-1-3-5-14/h8-14H,1-5H2,(H,24,25)(H3,23,26,27). The first-order chi connectivity index (χ1) is 13.3. The van der Waals surface area contributed by atoms with Gasteiger partial charge in [-0.15, -0.1) is 0 Å². The SMILES string of the molecule is Nc1n[nH]c2c(C#CC3CCCCC3)cc(-c3ccnc4[nH]ccc34)cc12. The van der Waals surface area contributed by atoms with Crippen LogP contribution in [0.15, 0.2) is 36.7 Å². The molecule has 0 bridgehead atoms. The fourth-order valence-corrected chi connectivity index (χ4v) is 4.03. The fraction of sp³-hybridized carbons (Fsp3) is 0.273. The third kappa shape index (κ3) is 2.83. The number of nitrogen functional groups attached to an aromatic ring is 1.